The van der Waals surface area contributed by atoms with Crippen molar-refractivity contribution in [3.63, 3.8) is 0 Å². The van der Waals surface area contributed by atoms with Crippen LogP contribution in [0.2, 0.25) is 0 Å². The van der Waals surface area contributed by atoms with Crippen LogP contribution in [0, 0.1) is 11.8 Å². The second kappa shape index (κ2) is 5.36. The highest BCUT2D eigenvalue weighted by Gasteiger charge is 2.47. The molecule has 0 radical (unpaired) electrons. The van der Waals surface area contributed by atoms with E-state index in [1.165, 1.54) is 22.8 Å². The molecule has 0 spiro atoms. The summed E-state index contributed by atoms with van der Waals surface area (Å²) in [6.45, 7) is 4.91. The zero-order valence-electron chi connectivity index (χ0n) is 13.4. The maximum Gasteiger partial charge on any atom is 0.00873 e. The van der Waals surface area contributed by atoms with Gasteiger partial charge in [0.25, 0.3) is 0 Å². The van der Waals surface area contributed by atoms with E-state index < -0.39 is 0 Å². The van der Waals surface area contributed by atoms with Crippen LogP contribution in [0.5, 0.6) is 0 Å². The van der Waals surface area contributed by atoms with Gasteiger partial charge in [0.05, 0.1) is 0 Å². The number of rotatable bonds is 1. The molecular weight excluding hydrogens is 379 g/mol. The fraction of sp³-hybridized carbons (Fsp3) is 0.429. The van der Waals surface area contributed by atoms with Crippen molar-refractivity contribution in [3.05, 3.63) is 68.8 Å². The van der Waals surface area contributed by atoms with Gasteiger partial charge in [-0.1, -0.05) is 68.0 Å². The average Bonchev–Trinajstić information content (AvgIpc) is 2.77. The predicted octanol–water partition coefficient (Wildman–Crippen LogP) is 6.29. The topological polar surface area (TPSA) is 0 Å². The highest BCUT2D eigenvalue weighted by molar-refractivity contribution is 14.1. The minimum Gasteiger partial charge on any atom is -0.0841 e. The van der Waals surface area contributed by atoms with Crippen molar-refractivity contribution in [3.8, 4) is 0 Å². The molecule has 3 aliphatic carbocycles. The second-order valence-electron chi connectivity index (χ2n) is 7.53. The summed E-state index contributed by atoms with van der Waals surface area (Å²) >= 11 is 2.42. The molecule has 1 aromatic rings. The zero-order chi connectivity index (χ0) is 15.3. The third-order valence-corrected chi connectivity index (χ3v) is 6.89. The van der Waals surface area contributed by atoms with E-state index in [-0.39, 0.29) is 0 Å². The molecule has 4 rings (SSSR count). The van der Waals surface area contributed by atoms with Crippen LogP contribution in [0.25, 0.3) is 0 Å². The molecule has 0 aromatic heterocycles. The molecule has 0 bridgehead atoms. The minimum atomic E-state index is 0.309. The third kappa shape index (κ3) is 2.24. The lowest BCUT2D eigenvalue weighted by Crippen LogP contribution is -2.29. The average molecular weight is 402 g/mol. The van der Waals surface area contributed by atoms with Crippen LogP contribution >= 0.6 is 22.6 Å². The van der Waals surface area contributed by atoms with Gasteiger partial charge in [0.15, 0.2) is 0 Å². The Morgan fingerprint density at radius 1 is 1.09 bits per heavy atom. The molecule has 3 aliphatic rings. The normalized spacial score (nSPS) is 32.0. The number of halogens is 1. The van der Waals surface area contributed by atoms with Crippen LogP contribution in [-0.2, 0) is 5.41 Å². The summed E-state index contributed by atoms with van der Waals surface area (Å²) < 4.78 is 1.39. The first-order valence-electron chi connectivity index (χ1n) is 8.39. The molecule has 1 aromatic carbocycles. The monoisotopic (exact) mass is 402 g/mol. The lowest BCUT2D eigenvalue weighted by Gasteiger charge is -2.37. The lowest BCUT2D eigenvalue weighted by atomic mass is 9.67. The van der Waals surface area contributed by atoms with Crippen LogP contribution in [0.1, 0.15) is 50.2 Å². The molecule has 0 amide bonds. The van der Waals surface area contributed by atoms with Crippen molar-refractivity contribution >= 4 is 22.6 Å². The molecule has 0 saturated heterocycles. The number of hydrogen-bond donors (Lipinski definition) is 0. The summed E-state index contributed by atoms with van der Waals surface area (Å²) in [6.07, 6.45) is 13.3. The van der Waals surface area contributed by atoms with Gasteiger partial charge in [0, 0.05) is 9.50 Å². The molecule has 0 fully saturated rings. The lowest BCUT2D eigenvalue weighted by molar-refractivity contribution is 0.283. The first kappa shape index (κ1) is 14.7. The van der Waals surface area contributed by atoms with Crippen molar-refractivity contribution in [1.29, 1.82) is 0 Å². The Labute approximate surface area is 147 Å². The van der Waals surface area contributed by atoms with E-state index in [4.69, 9.17) is 0 Å². The molecule has 3 atom stereocenters. The van der Waals surface area contributed by atoms with Crippen molar-refractivity contribution < 1.29 is 0 Å². The Hall–Kier alpha value is -0.830. The number of benzene rings is 1. The Kier molecular flexibility index (Phi) is 3.60. The first-order chi connectivity index (χ1) is 10.6. The van der Waals surface area contributed by atoms with Gasteiger partial charge in [0.1, 0.15) is 0 Å². The van der Waals surface area contributed by atoms with Crippen molar-refractivity contribution in [2.24, 2.45) is 11.8 Å². The number of allylic oxidation sites excluding steroid dienone is 6. The molecular formula is C21H23I. The summed E-state index contributed by atoms with van der Waals surface area (Å²) in [7, 11) is 0. The molecule has 2 unspecified atom stereocenters. The molecule has 0 heterocycles. The molecule has 22 heavy (non-hydrogen) atoms. The highest BCUT2D eigenvalue weighted by atomic mass is 127. The number of hydrogen-bond acceptors (Lipinski definition) is 0. The van der Waals surface area contributed by atoms with Crippen molar-refractivity contribution in [2.75, 3.05) is 0 Å². The van der Waals surface area contributed by atoms with E-state index in [1.54, 1.807) is 16.7 Å². The fourth-order valence-corrected chi connectivity index (χ4v) is 5.26. The number of fused-ring (bicyclic) bond motifs is 3. The van der Waals surface area contributed by atoms with Gasteiger partial charge in [-0.05, 0) is 70.2 Å². The van der Waals surface area contributed by atoms with Gasteiger partial charge in [0.2, 0.25) is 0 Å². The van der Waals surface area contributed by atoms with E-state index in [0.29, 0.717) is 11.3 Å². The molecule has 114 valence electrons. The van der Waals surface area contributed by atoms with Gasteiger partial charge < -0.3 is 0 Å². The molecule has 0 saturated carbocycles. The van der Waals surface area contributed by atoms with Crippen LogP contribution in [-0.4, -0.2) is 0 Å². The first-order valence-corrected chi connectivity index (χ1v) is 9.47. The largest absolute Gasteiger partial charge is 0.0841 e. The summed E-state index contributed by atoms with van der Waals surface area (Å²) in [5.74, 6) is 2.14. The Morgan fingerprint density at radius 3 is 2.68 bits per heavy atom. The van der Waals surface area contributed by atoms with Gasteiger partial charge >= 0.3 is 0 Å². The zero-order valence-corrected chi connectivity index (χ0v) is 15.5. The standard InChI is InChI=1S/C21H23I/c1-21(2)19-6-4-3-5-17(19)18-12-9-15(13-20(18)21)14-7-10-16(22)11-8-14/h3-7,9-11,14,18,20H,8,12-13H2,1-2H3/t14-,18?,20?/m1/s1. The van der Waals surface area contributed by atoms with Gasteiger partial charge in [-0.25, -0.2) is 0 Å². The molecule has 0 aliphatic heterocycles. The summed E-state index contributed by atoms with van der Waals surface area (Å²) in [6, 6.07) is 9.15. The minimum absolute atomic E-state index is 0.309. The van der Waals surface area contributed by atoms with Crippen LogP contribution < -0.4 is 0 Å². The fourth-order valence-electron chi connectivity index (χ4n) is 4.80. The van der Waals surface area contributed by atoms with E-state index >= 15 is 0 Å². The predicted molar refractivity (Wildman–Crippen MR) is 102 cm³/mol. The highest BCUT2D eigenvalue weighted by Crippen LogP contribution is 2.56. The third-order valence-electron chi connectivity index (χ3n) is 6.09. The van der Waals surface area contributed by atoms with Crippen LogP contribution in [0.4, 0.5) is 0 Å². The summed E-state index contributed by atoms with van der Waals surface area (Å²) in [5.41, 5.74) is 5.19. The second-order valence-corrected chi connectivity index (χ2v) is 8.78. The van der Waals surface area contributed by atoms with Gasteiger partial charge in [-0.2, -0.15) is 0 Å². The van der Waals surface area contributed by atoms with E-state index in [1.807, 2.05) is 0 Å². The Balaban J connectivity index is 1.64. The van der Waals surface area contributed by atoms with E-state index in [0.717, 1.165) is 11.8 Å². The molecule has 0 nitrogen and oxygen atoms in total. The van der Waals surface area contributed by atoms with Gasteiger partial charge in [-0.3, -0.25) is 0 Å². The SMILES string of the molecule is CC1(C)c2ccccc2C2CC=C([C@@H]3C=CC(I)=CC3)CC21. The Bertz CT molecular complexity index is 690. The van der Waals surface area contributed by atoms with Gasteiger partial charge in [-0.15, -0.1) is 0 Å². The molecule has 0 N–H and O–H groups in total. The van der Waals surface area contributed by atoms with E-state index in [2.05, 4.69) is 85.0 Å². The van der Waals surface area contributed by atoms with E-state index in [9.17, 15) is 0 Å². The Morgan fingerprint density at radius 2 is 1.91 bits per heavy atom. The van der Waals surface area contributed by atoms with Crippen molar-refractivity contribution in [2.45, 2.75) is 44.4 Å². The smallest absolute Gasteiger partial charge is 0.00873 e. The van der Waals surface area contributed by atoms with Crippen LogP contribution in [0.3, 0.4) is 0 Å². The quantitative estimate of drug-likeness (QED) is 0.382. The maximum absolute atomic E-state index is 2.56. The molecule has 1 heteroatoms. The summed E-state index contributed by atoms with van der Waals surface area (Å²) in [5, 5.41) is 0. The van der Waals surface area contributed by atoms with Crippen LogP contribution in [0.15, 0.2) is 57.7 Å². The summed E-state index contributed by atoms with van der Waals surface area (Å²) in [4.78, 5) is 0. The van der Waals surface area contributed by atoms with Crippen molar-refractivity contribution in [1.82, 2.24) is 0 Å². The maximum atomic E-state index is 2.56.